The number of piperazine rings is 1. The number of ether oxygens (including phenoxy) is 1. The second kappa shape index (κ2) is 8.58. The SMILES string of the molecule is COC(=O)N1CCN(/C=C(/C#N)C(=O)NCc2ccccc2)CC1. The van der Waals surface area contributed by atoms with Crippen LogP contribution in [0.2, 0.25) is 0 Å². The number of nitriles is 1. The highest BCUT2D eigenvalue weighted by Gasteiger charge is 2.21. The molecule has 0 aliphatic carbocycles. The van der Waals surface area contributed by atoms with Crippen LogP contribution in [0.4, 0.5) is 4.79 Å². The lowest BCUT2D eigenvalue weighted by molar-refractivity contribution is -0.117. The summed E-state index contributed by atoms with van der Waals surface area (Å²) in [5.74, 6) is -0.406. The zero-order chi connectivity index (χ0) is 17.4. The molecule has 7 heteroatoms. The molecule has 2 amide bonds. The Balaban J connectivity index is 1.89. The highest BCUT2D eigenvalue weighted by atomic mass is 16.5. The van der Waals surface area contributed by atoms with Crippen molar-refractivity contribution in [3.63, 3.8) is 0 Å². The maximum absolute atomic E-state index is 12.1. The van der Waals surface area contributed by atoms with Crippen LogP contribution in [0.3, 0.4) is 0 Å². The highest BCUT2D eigenvalue weighted by molar-refractivity contribution is 5.97. The van der Waals surface area contributed by atoms with Gasteiger partial charge in [0.1, 0.15) is 11.6 Å². The Morgan fingerprint density at radius 2 is 1.92 bits per heavy atom. The van der Waals surface area contributed by atoms with Crippen LogP contribution in [0, 0.1) is 11.3 Å². The van der Waals surface area contributed by atoms with Crippen molar-refractivity contribution in [1.29, 1.82) is 5.26 Å². The van der Waals surface area contributed by atoms with Crippen molar-refractivity contribution in [1.82, 2.24) is 15.1 Å². The summed E-state index contributed by atoms with van der Waals surface area (Å²) in [5.41, 5.74) is 1.02. The number of nitrogens with zero attached hydrogens (tertiary/aromatic N) is 3. The predicted octanol–water partition coefficient (Wildman–Crippen LogP) is 1.09. The van der Waals surface area contributed by atoms with Gasteiger partial charge in [-0.1, -0.05) is 30.3 Å². The number of rotatable bonds is 4. The van der Waals surface area contributed by atoms with Gasteiger partial charge in [-0.3, -0.25) is 4.79 Å². The summed E-state index contributed by atoms with van der Waals surface area (Å²) in [4.78, 5) is 27.0. The van der Waals surface area contributed by atoms with Crippen molar-refractivity contribution in [3.8, 4) is 6.07 Å². The Hall–Kier alpha value is -3.01. The molecule has 24 heavy (non-hydrogen) atoms. The van der Waals surface area contributed by atoms with E-state index in [1.807, 2.05) is 41.3 Å². The predicted molar refractivity (Wildman–Crippen MR) is 87.5 cm³/mol. The molecule has 126 valence electrons. The summed E-state index contributed by atoms with van der Waals surface area (Å²) < 4.78 is 4.68. The molecule has 0 radical (unpaired) electrons. The van der Waals surface area contributed by atoms with E-state index in [0.717, 1.165) is 5.56 Å². The average molecular weight is 328 g/mol. The number of benzene rings is 1. The van der Waals surface area contributed by atoms with Gasteiger partial charge in [0.05, 0.1) is 7.11 Å². The summed E-state index contributed by atoms with van der Waals surface area (Å²) in [6.07, 6.45) is 1.19. The normalized spacial score (nSPS) is 14.8. The zero-order valence-corrected chi connectivity index (χ0v) is 13.6. The van der Waals surface area contributed by atoms with Crippen LogP contribution in [-0.2, 0) is 16.1 Å². The van der Waals surface area contributed by atoms with Crippen molar-refractivity contribution in [2.75, 3.05) is 33.3 Å². The minimum atomic E-state index is -0.406. The minimum absolute atomic E-state index is 0.0532. The Kier molecular flexibility index (Phi) is 6.20. The summed E-state index contributed by atoms with van der Waals surface area (Å²) >= 11 is 0. The topological polar surface area (TPSA) is 85.7 Å². The Bertz CT molecular complexity index is 644. The minimum Gasteiger partial charge on any atom is -0.453 e. The van der Waals surface area contributed by atoms with Crippen LogP contribution in [-0.4, -0.2) is 55.1 Å². The number of hydrogen-bond donors (Lipinski definition) is 1. The van der Waals surface area contributed by atoms with Gasteiger partial charge in [-0.05, 0) is 5.56 Å². The first kappa shape index (κ1) is 17.3. The summed E-state index contributed by atoms with van der Waals surface area (Å²) in [6, 6.07) is 11.4. The van der Waals surface area contributed by atoms with Crippen LogP contribution < -0.4 is 5.32 Å². The quantitative estimate of drug-likeness (QED) is 0.661. The molecule has 0 atom stereocenters. The first-order valence-corrected chi connectivity index (χ1v) is 7.65. The molecule has 1 aromatic rings. The van der Waals surface area contributed by atoms with Gasteiger partial charge in [0, 0.05) is 38.9 Å². The maximum Gasteiger partial charge on any atom is 0.409 e. The Morgan fingerprint density at radius 1 is 1.25 bits per heavy atom. The molecule has 0 bridgehead atoms. The Morgan fingerprint density at radius 3 is 2.50 bits per heavy atom. The van der Waals surface area contributed by atoms with E-state index in [1.54, 1.807) is 11.1 Å². The molecule has 1 N–H and O–H groups in total. The molecule has 1 saturated heterocycles. The fraction of sp³-hybridized carbons (Fsp3) is 0.353. The van der Waals surface area contributed by atoms with Gasteiger partial charge in [0.15, 0.2) is 0 Å². The van der Waals surface area contributed by atoms with E-state index in [1.165, 1.54) is 7.11 Å². The third-order valence-electron chi connectivity index (χ3n) is 3.72. The van der Waals surface area contributed by atoms with Crippen LogP contribution in [0.5, 0.6) is 0 Å². The lowest BCUT2D eigenvalue weighted by Gasteiger charge is -2.33. The summed E-state index contributed by atoms with van der Waals surface area (Å²) in [7, 11) is 1.35. The number of carbonyl (C=O) groups excluding carboxylic acids is 2. The highest BCUT2D eigenvalue weighted by Crippen LogP contribution is 2.07. The van der Waals surface area contributed by atoms with E-state index < -0.39 is 5.91 Å². The molecule has 1 aliphatic rings. The van der Waals surface area contributed by atoms with Crippen LogP contribution in [0.25, 0.3) is 0 Å². The van der Waals surface area contributed by atoms with Crippen LogP contribution >= 0.6 is 0 Å². The van der Waals surface area contributed by atoms with E-state index in [0.29, 0.717) is 32.7 Å². The van der Waals surface area contributed by atoms with Gasteiger partial charge < -0.3 is 19.9 Å². The third kappa shape index (κ3) is 4.74. The number of hydrogen-bond acceptors (Lipinski definition) is 5. The van der Waals surface area contributed by atoms with Gasteiger partial charge in [0.25, 0.3) is 5.91 Å². The second-order valence-electron chi connectivity index (χ2n) is 5.32. The summed E-state index contributed by atoms with van der Waals surface area (Å²) in [5, 5.41) is 11.9. The van der Waals surface area contributed by atoms with Crippen molar-refractivity contribution in [2.45, 2.75) is 6.54 Å². The van der Waals surface area contributed by atoms with Gasteiger partial charge >= 0.3 is 6.09 Å². The van der Waals surface area contributed by atoms with Crippen molar-refractivity contribution in [3.05, 3.63) is 47.7 Å². The van der Waals surface area contributed by atoms with Crippen LogP contribution in [0.15, 0.2) is 42.1 Å². The smallest absolute Gasteiger partial charge is 0.409 e. The first-order valence-electron chi connectivity index (χ1n) is 7.65. The second-order valence-corrected chi connectivity index (χ2v) is 5.32. The fourth-order valence-corrected chi connectivity index (χ4v) is 2.36. The molecular formula is C17H20N4O3. The fourth-order valence-electron chi connectivity index (χ4n) is 2.36. The average Bonchev–Trinajstić information content (AvgIpc) is 2.64. The van der Waals surface area contributed by atoms with Gasteiger partial charge in [0.2, 0.25) is 0 Å². The van der Waals surface area contributed by atoms with E-state index in [2.05, 4.69) is 10.1 Å². The molecule has 1 aliphatic heterocycles. The third-order valence-corrected chi connectivity index (χ3v) is 3.72. The Labute approximate surface area is 141 Å². The van der Waals surface area contributed by atoms with E-state index >= 15 is 0 Å². The van der Waals surface area contributed by atoms with Gasteiger partial charge in [-0.2, -0.15) is 5.26 Å². The van der Waals surface area contributed by atoms with Crippen molar-refractivity contribution < 1.29 is 14.3 Å². The molecule has 0 saturated carbocycles. The van der Waals surface area contributed by atoms with Gasteiger partial charge in [-0.15, -0.1) is 0 Å². The zero-order valence-electron chi connectivity index (χ0n) is 13.6. The number of methoxy groups -OCH3 is 1. The van der Waals surface area contributed by atoms with E-state index in [4.69, 9.17) is 0 Å². The molecule has 7 nitrogen and oxygen atoms in total. The monoisotopic (exact) mass is 328 g/mol. The molecule has 1 aromatic carbocycles. The molecule has 0 spiro atoms. The molecule has 1 heterocycles. The summed E-state index contributed by atoms with van der Waals surface area (Å²) in [6.45, 7) is 2.45. The first-order chi connectivity index (χ1) is 11.6. The number of amides is 2. The molecule has 0 aromatic heterocycles. The molecule has 0 unspecified atom stereocenters. The largest absolute Gasteiger partial charge is 0.453 e. The maximum atomic E-state index is 12.1. The van der Waals surface area contributed by atoms with E-state index in [9.17, 15) is 14.9 Å². The number of nitrogens with one attached hydrogen (secondary N) is 1. The standard InChI is InChI=1S/C17H20N4O3/c1-24-17(23)21-9-7-20(8-10-21)13-15(11-18)16(22)19-12-14-5-3-2-4-6-14/h2-6,13H,7-10,12H2,1H3,(H,19,22)/b15-13-. The van der Waals surface area contributed by atoms with Crippen LogP contribution in [0.1, 0.15) is 5.56 Å². The molecular weight excluding hydrogens is 308 g/mol. The molecule has 1 fully saturated rings. The lowest BCUT2D eigenvalue weighted by Crippen LogP contribution is -2.47. The van der Waals surface area contributed by atoms with Crippen molar-refractivity contribution >= 4 is 12.0 Å². The van der Waals surface area contributed by atoms with E-state index in [-0.39, 0.29) is 11.7 Å². The lowest BCUT2D eigenvalue weighted by atomic mass is 10.2. The molecule has 2 rings (SSSR count). The number of carbonyl (C=O) groups is 2. The van der Waals surface area contributed by atoms with Crippen molar-refractivity contribution in [2.24, 2.45) is 0 Å². The van der Waals surface area contributed by atoms with Gasteiger partial charge in [-0.25, -0.2) is 4.79 Å².